The van der Waals surface area contributed by atoms with Crippen molar-refractivity contribution in [2.75, 3.05) is 14.1 Å². The molecule has 0 N–H and O–H groups in total. The molecular weight excluding hydrogens is 200 g/mol. The molecule has 1 heterocycles. The third-order valence-corrected chi connectivity index (χ3v) is 2.62. The van der Waals surface area contributed by atoms with Crippen molar-refractivity contribution in [3.8, 4) is 5.75 Å². The van der Waals surface area contributed by atoms with Gasteiger partial charge in [0.15, 0.2) is 6.17 Å². The third-order valence-electron chi connectivity index (χ3n) is 2.62. The summed E-state index contributed by atoms with van der Waals surface area (Å²) in [5, 5.41) is 0. The average Bonchev–Trinajstić information content (AvgIpc) is 2.17. The Morgan fingerprint density at radius 2 is 1.87 bits per heavy atom. The van der Waals surface area contributed by atoms with Crippen LogP contribution in [-0.4, -0.2) is 31.4 Å². The van der Waals surface area contributed by atoms with Gasteiger partial charge in [0.2, 0.25) is 0 Å². The summed E-state index contributed by atoms with van der Waals surface area (Å²) in [6, 6.07) is 5.76. The van der Waals surface area contributed by atoms with E-state index in [0.717, 1.165) is 0 Å². The number of likely N-dealkylation sites (N-methyl/N-ethyl adjacent to an activating group) is 1. The lowest BCUT2D eigenvalue weighted by atomic mass is 9.99. The second kappa shape index (κ2) is 3.77. The first-order valence-corrected chi connectivity index (χ1v) is 4.81. The van der Waals surface area contributed by atoms with Crippen molar-refractivity contribution in [1.82, 2.24) is 4.90 Å². The number of para-hydroxylation sites is 1. The van der Waals surface area contributed by atoms with Gasteiger partial charge in [0.1, 0.15) is 11.8 Å². The SMILES string of the molecule is CN(C)C1C(F)Oc2ccccc2C1F. The van der Waals surface area contributed by atoms with Gasteiger partial charge in [-0.2, -0.15) is 4.39 Å². The van der Waals surface area contributed by atoms with Crippen molar-refractivity contribution in [1.29, 1.82) is 0 Å². The number of alkyl halides is 2. The van der Waals surface area contributed by atoms with Gasteiger partial charge in [-0.15, -0.1) is 0 Å². The fourth-order valence-corrected chi connectivity index (χ4v) is 1.82. The van der Waals surface area contributed by atoms with Crippen LogP contribution in [0.4, 0.5) is 8.78 Å². The first-order valence-electron chi connectivity index (χ1n) is 4.81. The van der Waals surface area contributed by atoms with E-state index in [4.69, 9.17) is 4.74 Å². The summed E-state index contributed by atoms with van der Waals surface area (Å²) in [5.74, 6) is 0.301. The standard InChI is InChI=1S/C11H13F2NO/c1-14(2)10-9(12)7-5-3-4-6-8(7)15-11(10)13/h3-6,9-11H,1-2H3. The van der Waals surface area contributed by atoms with Crippen LogP contribution in [0.5, 0.6) is 5.75 Å². The summed E-state index contributed by atoms with van der Waals surface area (Å²) >= 11 is 0. The van der Waals surface area contributed by atoms with Gasteiger partial charge < -0.3 is 4.74 Å². The normalized spacial score (nSPS) is 29.8. The third kappa shape index (κ3) is 1.69. The van der Waals surface area contributed by atoms with E-state index < -0.39 is 18.6 Å². The number of benzene rings is 1. The Kier molecular flexibility index (Phi) is 2.61. The molecule has 0 aromatic heterocycles. The lowest BCUT2D eigenvalue weighted by molar-refractivity contribution is -0.0553. The topological polar surface area (TPSA) is 12.5 Å². The average molecular weight is 213 g/mol. The minimum atomic E-state index is -1.62. The fraction of sp³-hybridized carbons (Fsp3) is 0.455. The summed E-state index contributed by atoms with van der Waals surface area (Å²) in [7, 11) is 3.28. The molecule has 3 unspecified atom stereocenters. The number of ether oxygens (including phenoxy) is 1. The molecule has 4 heteroatoms. The molecule has 0 spiro atoms. The molecule has 15 heavy (non-hydrogen) atoms. The summed E-state index contributed by atoms with van der Waals surface area (Å²) in [6.07, 6.45) is -2.97. The first-order chi connectivity index (χ1) is 7.11. The maximum absolute atomic E-state index is 14.0. The van der Waals surface area contributed by atoms with Crippen LogP contribution in [0.15, 0.2) is 24.3 Å². The van der Waals surface area contributed by atoms with Gasteiger partial charge in [0.05, 0.1) is 0 Å². The highest BCUT2D eigenvalue weighted by molar-refractivity contribution is 5.38. The molecule has 0 fully saturated rings. The summed E-state index contributed by atoms with van der Waals surface area (Å²) in [5.41, 5.74) is 0.421. The summed E-state index contributed by atoms with van der Waals surface area (Å²) in [4.78, 5) is 1.51. The second-order valence-electron chi connectivity index (χ2n) is 3.86. The largest absolute Gasteiger partial charge is 0.458 e. The zero-order valence-corrected chi connectivity index (χ0v) is 8.65. The maximum atomic E-state index is 14.0. The van der Waals surface area contributed by atoms with Crippen LogP contribution < -0.4 is 4.74 Å². The number of halogens is 2. The van der Waals surface area contributed by atoms with E-state index in [0.29, 0.717) is 11.3 Å². The van der Waals surface area contributed by atoms with Crippen molar-refractivity contribution in [2.24, 2.45) is 0 Å². The van der Waals surface area contributed by atoms with Crippen molar-refractivity contribution in [2.45, 2.75) is 18.6 Å². The number of hydrogen-bond acceptors (Lipinski definition) is 2. The molecule has 0 saturated heterocycles. The number of rotatable bonds is 1. The molecule has 82 valence electrons. The Morgan fingerprint density at radius 3 is 2.53 bits per heavy atom. The van der Waals surface area contributed by atoms with Gasteiger partial charge >= 0.3 is 0 Å². The minimum Gasteiger partial charge on any atom is -0.458 e. The van der Waals surface area contributed by atoms with Crippen LogP contribution in [0.1, 0.15) is 11.7 Å². The maximum Gasteiger partial charge on any atom is 0.257 e. The Labute approximate surface area is 87.5 Å². The Morgan fingerprint density at radius 1 is 1.20 bits per heavy atom. The van der Waals surface area contributed by atoms with E-state index in [2.05, 4.69) is 0 Å². The van der Waals surface area contributed by atoms with Crippen LogP contribution in [0.2, 0.25) is 0 Å². The van der Waals surface area contributed by atoms with Crippen LogP contribution >= 0.6 is 0 Å². The van der Waals surface area contributed by atoms with Gasteiger partial charge in [0, 0.05) is 5.56 Å². The number of nitrogens with zero attached hydrogens (tertiary/aromatic N) is 1. The van der Waals surface area contributed by atoms with E-state index in [-0.39, 0.29) is 0 Å². The van der Waals surface area contributed by atoms with E-state index in [1.807, 2.05) is 0 Å². The molecule has 0 radical (unpaired) electrons. The minimum absolute atomic E-state index is 0.301. The quantitative estimate of drug-likeness (QED) is 0.709. The highest BCUT2D eigenvalue weighted by Gasteiger charge is 2.40. The van der Waals surface area contributed by atoms with Crippen LogP contribution in [0.25, 0.3) is 0 Å². The summed E-state index contributed by atoms with van der Waals surface area (Å²) in [6.45, 7) is 0. The van der Waals surface area contributed by atoms with Gasteiger partial charge in [-0.05, 0) is 20.2 Å². The monoisotopic (exact) mass is 213 g/mol. The molecule has 0 aliphatic carbocycles. The second-order valence-corrected chi connectivity index (χ2v) is 3.86. The van der Waals surface area contributed by atoms with E-state index >= 15 is 0 Å². The fourth-order valence-electron chi connectivity index (χ4n) is 1.82. The lowest BCUT2D eigenvalue weighted by Gasteiger charge is -2.35. The Hall–Kier alpha value is -1.16. The van der Waals surface area contributed by atoms with Crippen LogP contribution in [0.3, 0.4) is 0 Å². The lowest BCUT2D eigenvalue weighted by Crippen LogP contribution is -2.45. The van der Waals surface area contributed by atoms with Gasteiger partial charge in [0.25, 0.3) is 6.36 Å². The molecule has 0 saturated carbocycles. The van der Waals surface area contributed by atoms with Gasteiger partial charge in [-0.1, -0.05) is 18.2 Å². The molecule has 2 nitrogen and oxygen atoms in total. The zero-order chi connectivity index (χ0) is 11.0. The molecule has 2 rings (SSSR count). The molecule has 1 aromatic carbocycles. The first kappa shape index (κ1) is 10.4. The zero-order valence-electron chi connectivity index (χ0n) is 8.65. The molecule has 1 aromatic rings. The van der Waals surface area contributed by atoms with Crippen molar-refractivity contribution in [3.05, 3.63) is 29.8 Å². The smallest absolute Gasteiger partial charge is 0.257 e. The van der Waals surface area contributed by atoms with Crippen molar-refractivity contribution >= 4 is 0 Å². The van der Waals surface area contributed by atoms with Crippen molar-refractivity contribution < 1.29 is 13.5 Å². The highest BCUT2D eigenvalue weighted by atomic mass is 19.2. The van der Waals surface area contributed by atoms with Crippen molar-refractivity contribution in [3.63, 3.8) is 0 Å². The highest BCUT2D eigenvalue weighted by Crippen LogP contribution is 2.39. The molecule has 1 aliphatic rings. The van der Waals surface area contributed by atoms with Gasteiger partial charge in [-0.3, -0.25) is 4.90 Å². The predicted octanol–water partition coefficient (Wildman–Crippen LogP) is 2.32. The Bertz CT molecular complexity index is 356. The van der Waals surface area contributed by atoms with Crippen LogP contribution in [0, 0.1) is 0 Å². The van der Waals surface area contributed by atoms with Gasteiger partial charge in [-0.25, -0.2) is 4.39 Å². The molecule has 1 aliphatic heterocycles. The number of hydrogen-bond donors (Lipinski definition) is 0. The van der Waals surface area contributed by atoms with E-state index in [9.17, 15) is 8.78 Å². The molecule has 0 amide bonds. The van der Waals surface area contributed by atoms with E-state index in [1.165, 1.54) is 4.90 Å². The number of fused-ring (bicyclic) bond motifs is 1. The predicted molar refractivity (Wildman–Crippen MR) is 53.3 cm³/mol. The molecule has 3 atom stereocenters. The molecular formula is C11H13F2NO. The van der Waals surface area contributed by atoms with Crippen LogP contribution in [-0.2, 0) is 0 Å². The Balaban J connectivity index is 2.38. The molecule has 0 bridgehead atoms. The summed E-state index contributed by atoms with van der Waals surface area (Å²) < 4.78 is 32.5. The van der Waals surface area contributed by atoms with E-state index in [1.54, 1.807) is 38.4 Å².